The molecule has 1 heterocycles. The van der Waals surface area contributed by atoms with Crippen LogP contribution < -0.4 is 0 Å². The molecule has 1 fully saturated rings. The molecule has 0 aliphatic carbocycles. The molecule has 2 atom stereocenters. The third-order valence-corrected chi connectivity index (χ3v) is 3.73. The molecule has 4 heteroatoms. The van der Waals surface area contributed by atoms with E-state index in [1.54, 1.807) is 6.08 Å². The normalized spacial score (nSPS) is 19.9. The average molecular weight is 273 g/mol. The Morgan fingerprint density at radius 1 is 1.45 bits per heavy atom. The van der Waals surface area contributed by atoms with Crippen LogP contribution in [0.3, 0.4) is 0 Å². The zero-order valence-corrected chi connectivity index (χ0v) is 11.4. The number of benzene rings is 1. The maximum atomic E-state index is 11.9. The van der Waals surface area contributed by atoms with Gasteiger partial charge >= 0.3 is 5.97 Å². The van der Waals surface area contributed by atoms with Crippen LogP contribution >= 0.6 is 0 Å². The number of carboxylic acid groups (broad SMARTS) is 1. The van der Waals surface area contributed by atoms with Crippen LogP contribution in [0.25, 0.3) is 0 Å². The van der Waals surface area contributed by atoms with Crippen molar-refractivity contribution in [2.75, 3.05) is 6.54 Å². The minimum Gasteiger partial charge on any atom is -0.480 e. The fraction of sp³-hybridized carbons (Fsp3) is 0.375. The Balaban J connectivity index is 2.02. The van der Waals surface area contributed by atoms with Crippen molar-refractivity contribution in [2.45, 2.75) is 25.3 Å². The van der Waals surface area contributed by atoms with E-state index in [1.807, 2.05) is 30.3 Å². The summed E-state index contributed by atoms with van der Waals surface area (Å²) in [7, 11) is 0. The highest BCUT2D eigenvalue weighted by atomic mass is 16.4. The zero-order chi connectivity index (χ0) is 14.5. The lowest BCUT2D eigenvalue weighted by atomic mass is 10.0. The van der Waals surface area contributed by atoms with Gasteiger partial charge < -0.3 is 10.0 Å². The maximum absolute atomic E-state index is 11.9. The van der Waals surface area contributed by atoms with E-state index in [4.69, 9.17) is 0 Å². The SMILES string of the molecule is C=CC1CC(=O)N([C@@H](CCc2ccccc2)C(=O)O)C1. The Kier molecular flexibility index (Phi) is 4.56. The van der Waals surface area contributed by atoms with Gasteiger partial charge in [0.25, 0.3) is 0 Å². The van der Waals surface area contributed by atoms with Crippen LogP contribution in [0.4, 0.5) is 0 Å². The number of likely N-dealkylation sites (tertiary alicyclic amines) is 1. The molecule has 1 N–H and O–H groups in total. The monoisotopic (exact) mass is 273 g/mol. The van der Waals surface area contributed by atoms with Gasteiger partial charge in [0.05, 0.1) is 0 Å². The number of hydrogen-bond acceptors (Lipinski definition) is 2. The molecule has 106 valence electrons. The van der Waals surface area contributed by atoms with E-state index in [0.29, 0.717) is 25.8 Å². The number of hydrogen-bond donors (Lipinski definition) is 1. The molecular weight excluding hydrogens is 254 g/mol. The molecule has 1 aliphatic rings. The quantitative estimate of drug-likeness (QED) is 0.808. The molecule has 0 radical (unpaired) electrons. The third kappa shape index (κ3) is 3.26. The average Bonchev–Trinajstić information content (AvgIpc) is 2.81. The van der Waals surface area contributed by atoms with Crippen molar-refractivity contribution in [1.82, 2.24) is 4.90 Å². The number of rotatable bonds is 6. The second-order valence-electron chi connectivity index (χ2n) is 5.12. The molecule has 1 aromatic rings. The van der Waals surface area contributed by atoms with Gasteiger partial charge in [-0.3, -0.25) is 4.79 Å². The lowest BCUT2D eigenvalue weighted by Gasteiger charge is -2.24. The van der Waals surface area contributed by atoms with Crippen LogP contribution in [0.2, 0.25) is 0 Å². The second-order valence-corrected chi connectivity index (χ2v) is 5.12. The first-order valence-corrected chi connectivity index (χ1v) is 6.80. The van der Waals surface area contributed by atoms with E-state index in [9.17, 15) is 14.7 Å². The van der Waals surface area contributed by atoms with Gasteiger partial charge in [0.1, 0.15) is 6.04 Å². The summed E-state index contributed by atoms with van der Waals surface area (Å²) >= 11 is 0. The number of amides is 1. The summed E-state index contributed by atoms with van der Waals surface area (Å²) in [6.07, 6.45) is 3.20. The zero-order valence-electron chi connectivity index (χ0n) is 11.4. The molecule has 1 saturated heterocycles. The Morgan fingerprint density at radius 3 is 2.70 bits per heavy atom. The predicted molar refractivity (Wildman–Crippen MR) is 76.2 cm³/mol. The number of carboxylic acids is 1. The van der Waals surface area contributed by atoms with Crippen molar-refractivity contribution in [2.24, 2.45) is 5.92 Å². The number of carbonyl (C=O) groups is 2. The van der Waals surface area contributed by atoms with Crippen molar-refractivity contribution >= 4 is 11.9 Å². The van der Waals surface area contributed by atoms with Crippen LogP contribution in [0.5, 0.6) is 0 Å². The van der Waals surface area contributed by atoms with Crippen molar-refractivity contribution in [3.8, 4) is 0 Å². The van der Waals surface area contributed by atoms with E-state index >= 15 is 0 Å². The number of aryl methyl sites for hydroxylation is 1. The van der Waals surface area contributed by atoms with Gasteiger partial charge in [-0.15, -0.1) is 6.58 Å². The Hall–Kier alpha value is -2.10. The highest BCUT2D eigenvalue weighted by Crippen LogP contribution is 2.23. The lowest BCUT2D eigenvalue weighted by molar-refractivity contribution is -0.148. The molecule has 0 bridgehead atoms. The summed E-state index contributed by atoms with van der Waals surface area (Å²) in [4.78, 5) is 24.8. The highest BCUT2D eigenvalue weighted by molar-refractivity contribution is 5.85. The lowest BCUT2D eigenvalue weighted by Crippen LogP contribution is -2.42. The number of carbonyl (C=O) groups excluding carboxylic acids is 1. The predicted octanol–water partition coefficient (Wildman–Crippen LogP) is 2.11. The topological polar surface area (TPSA) is 57.6 Å². The summed E-state index contributed by atoms with van der Waals surface area (Å²) < 4.78 is 0. The van der Waals surface area contributed by atoms with Crippen LogP contribution in [-0.4, -0.2) is 34.5 Å². The molecule has 1 amide bonds. The third-order valence-electron chi connectivity index (χ3n) is 3.73. The Morgan fingerprint density at radius 2 is 2.15 bits per heavy atom. The minimum absolute atomic E-state index is 0.0704. The molecule has 0 spiro atoms. The highest BCUT2D eigenvalue weighted by Gasteiger charge is 2.36. The first kappa shape index (κ1) is 14.3. The van der Waals surface area contributed by atoms with Gasteiger partial charge in [-0.2, -0.15) is 0 Å². The van der Waals surface area contributed by atoms with Crippen molar-refractivity contribution in [3.63, 3.8) is 0 Å². The summed E-state index contributed by atoms with van der Waals surface area (Å²) in [6.45, 7) is 4.15. The minimum atomic E-state index is -0.931. The molecule has 2 rings (SSSR count). The Labute approximate surface area is 118 Å². The van der Waals surface area contributed by atoms with Crippen LogP contribution in [0.1, 0.15) is 18.4 Å². The molecule has 20 heavy (non-hydrogen) atoms. The standard InChI is InChI=1S/C16H19NO3/c1-2-12-10-15(18)17(11-12)14(16(19)20)9-8-13-6-4-3-5-7-13/h2-7,12,14H,1,8-11H2,(H,19,20)/t12?,14-/m0/s1. The molecule has 1 aromatic carbocycles. The molecule has 1 unspecified atom stereocenters. The fourth-order valence-electron chi connectivity index (χ4n) is 2.58. The number of nitrogens with zero attached hydrogens (tertiary/aromatic N) is 1. The molecule has 4 nitrogen and oxygen atoms in total. The fourth-order valence-corrected chi connectivity index (χ4v) is 2.58. The molecular formula is C16H19NO3. The first-order chi connectivity index (χ1) is 9.61. The van der Waals surface area contributed by atoms with Crippen molar-refractivity contribution < 1.29 is 14.7 Å². The summed E-state index contributed by atoms with van der Waals surface area (Å²) in [6, 6.07) is 8.98. The van der Waals surface area contributed by atoms with Crippen molar-refractivity contribution in [1.29, 1.82) is 0 Å². The summed E-state index contributed by atoms with van der Waals surface area (Å²) in [5.74, 6) is -0.949. The maximum Gasteiger partial charge on any atom is 0.326 e. The smallest absolute Gasteiger partial charge is 0.326 e. The Bertz CT molecular complexity index is 498. The van der Waals surface area contributed by atoms with Crippen LogP contribution in [0, 0.1) is 5.92 Å². The molecule has 0 saturated carbocycles. The van der Waals surface area contributed by atoms with Gasteiger partial charge in [-0.05, 0) is 18.4 Å². The van der Waals surface area contributed by atoms with Gasteiger partial charge in [0.15, 0.2) is 0 Å². The largest absolute Gasteiger partial charge is 0.480 e. The summed E-state index contributed by atoms with van der Waals surface area (Å²) in [5, 5.41) is 9.37. The first-order valence-electron chi connectivity index (χ1n) is 6.80. The van der Waals surface area contributed by atoms with Gasteiger partial charge in [-0.1, -0.05) is 36.4 Å². The van der Waals surface area contributed by atoms with E-state index in [1.165, 1.54) is 4.90 Å². The van der Waals surface area contributed by atoms with Gasteiger partial charge in [-0.25, -0.2) is 4.79 Å². The van der Waals surface area contributed by atoms with E-state index in [2.05, 4.69) is 6.58 Å². The molecule has 1 aliphatic heterocycles. The van der Waals surface area contributed by atoms with Gasteiger partial charge in [0, 0.05) is 18.9 Å². The van der Waals surface area contributed by atoms with E-state index in [0.717, 1.165) is 5.56 Å². The van der Waals surface area contributed by atoms with Crippen LogP contribution in [0.15, 0.2) is 43.0 Å². The summed E-state index contributed by atoms with van der Waals surface area (Å²) in [5.41, 5.74) is 1.09. The van der Waals surface area contributed by atoms with Crippen LogP contribution in [-0.2, 0) is 16.0 Å². The van der Waals surface area contributed by atoms with E-state index in [-0.39, 0.29) is 11.8 Å². The van der Waals surface area contributed by atoms with Gasteiger partial charge in [0.2, 0.25) is 5.91 Å². The molecule has 0 aromatic heterocycles. The van der Waals surface area contributed by atoms with E-state index < -0.39 is 12.0 Å². The number of aliphatic carboxylic acids is 1. The second kappa shape index (κ2) is 6.37. The van der Waals surface area contributed by atoms with Crippen molar-refractivity contribution in [3.05, 3.63) is 48.6 Å².